The fourth-order valence-corrected chi connectivity index (χ4v) is 2.14. The molecule has 1 rings (SSSR count). The predicted molar refractivity (Wildman–Crippen MR) is 68.6 cm³/mol. The smallest absolute Gasteiger partial charge is 0.339 e. The molecular formula is C10H12BrNO4S. The molecule has 0 unspecified atom stereocenters. The summed E-state index contributed by atoms with van der Waals surface area (Å²) < 4.78 is 30.5. The van der Waals surface area contributed by atoms with Crippen LogP contribution in [0, 0.1) is 0 Å². The van der Waals surface area contributed by atoms with Gasteiger partial charge in [-0.15, -0.1) is 0 Å². The first kappa shape index (κ1) is 14.0. The molecule has 0 aliphatic carbocycles. The second-order valence-corrected chi connectivity index (χ2v) is 6.11. The summed E-state index contributed by atoms with van der Waals surface area (Å²) in [6.07, 6.45) is 0. The molecule has 1 aromatic rings. The number of methoxy groups -OCH3 is 1. The normalized spacial score (nSPS) is 11.0. The Morgan fingerprint density at radius 1 is 1.47 bits per heavy atom. The van der Waals surface area contributed by atoms with Crippen molar-refractivity contribution in [2.45, 2.75) is 6.92 Å². The first-order valence-electron chi connectivity index (χ1n) is 4.78. The van der Waals surface area contributed by atoms with E-state index in [-0.39, 0.29) is 17.0 Å². The number of sulfonamides is 1. The van der Waals surface area contributed by atoms with E-state index in [4.69, 9.17) is 0 Å². The van der Waals surface area contributed by atoms with Gasteiger partial charge in [0.15, 0.2) is 0 Å². The third-order valence-electron chi connectivity index (χ3n) is 2.03. The third-order valence-corrected chi connectivity index (χ3v) is 3.82. The molecule has 0 aliphatic heterocycles. The van der Waals surface area contributed by atoms with Crippen molar-refractivity contribution in [1.82, 2.24) is 0 Å². The van der Waals surface area contributed by atoms with Gasteiger partial charge in [0.1, 0.15) is 0 Å². The summed E-state index contributed by atoms with van der Waals surface area (Å²) in [4.78, 5) is 11.4. The standard InChI is InChI=1S/C10H12BrNO4S/c1-3-17(14,15)12-9-6-7(11)4-5-8(9)10(13)16-2/h4-6,12H,3H2,1-2H3. The van der Waals surface area contributed by atoms with E-state index >= 15 is 0 Å². The van der Waals surface area contributed by atoms with Crippen LogP contribution in [0.1, 0.15) is 17.3 Å². The van der Waals surface area contributed by atoms with E-state index < -0.39 is 16.0 Å². The second-order valence-electron chi connectivity index (χ2n) is 3.19. The molecule has 0 saturated carbocycles. The predicted octanol–water partition coefficient (Wildman–Crippen LogP) is 2.00. The summed E-state index contributed by atoms with van der Waals surface area (Å²) >= 11 is 3.21. The molecule has 0 aromatic heterocycles. The van der Waals surface area contributed by atoms with Gasteiger partial charge in [0.25, 0.3) is 0 Å². The maximum absolute atomic E-state index is 11.5. The van der Waals surface area contributed by atoms with E-state index in [0.717, 1.165) is 0 Å². The highest BCUT2D eigenvalue weighted by atomic mass is 79.9. The lowest BCUT2D eigenvalue weighted by atomic mass is 10.2. The van der Waals surface area contributed by atoms with Crippen molar-refractivity contribution in [3.8, 4) is 0 Å². The first-order valence-corrected chi connectivity index (χ1v) is 7.22. The monoisotopic (exact) mass is 321 g/mol. The van der Waals surface area contributed by atoms with Gasteiger partial charge in [-0.3, -0.25) is 4.72 Å². The molecule has 0 bridgehead atoms. The highest BCUT2D eigenvalue weighted by molar-refractivity contribution is 9.10. The van der Waals surface area contributed by atoms with Crippen molar-refractivity contribution in [2.24, 2.45) is 0 Å². The molecule has 1 N–H and O–H groups in total. The average molecular weight is 322 g/mol. The van der Waals surface area contributed by atoms with Gasteiger partial charge in [0.05, 0.1) is 24.1 Å². The molecule has 7 heteroatoms. The van der Waals surface area contributed by atoms with Crippen molar-refractivity contribution >= 4 is 37.6 Å². The van der Waals surface area contributed by atoms with Gasteiger partial charge in [-0.05, 0) is 25.1 Å². The SMILES string of the molecule is CCS(=O)(=O)Nc1cc(Br)ccc1C(=O)OC. The molecule has 17 heavy (non-hydrogen) atoms. The number of halogens is 1. The van der Waals surface area contributed by atoms with Crippen LogP contribution in [-0.2, 0) is 14.8 Å². The average Bonchev–Trinajstić information content (AvgIpc) is 2.28. The Balaban J connectivity index is 3.21. The molecule has 0 fully saturated rings. The third kappa shape index (κ3) is 3.71. The molecule has 0 saturated heterocycles. The Morgan fingerprint density at radius 2 is 2.12 bits per heavy atom. The molecule has 5 nitrogen and oxygen atoms in total. The number of hydrogen-bond donors (Lipinski definition) is 1. The number of carbonyl (C=O) groups excluding carboxylic acids is 1. The van der Waals surface area contributed by atoms with Crippen LogP contribution in [0.3, 0.4) is 0 Å². The molecule has 1 aromatic carbocycles. The zero-order chi connectivity index (χ0) is 13.1. The van der Waals surface area contributed by atoms with Crippen molar-refractivity contribution in [3.05, 3.63) is 28.2 Å². The molecular weight excluding hydrogens is 310 g/mol. The Bertz CT molecular complexity index is 527. The maximum Gasteiger partial charge on any atom is 0.339 e. The fourth-order valence-electron chi connectivity index (χ4n) is 1.13. The van der Waals surface area contributed by atoms with E-state index in [0.29, 0.717) is 4.47 Å². The minimum atomic E-state index is -3.43. The van der Waals surface area contributed by atoms with Crippen LogP contribution < -0.4 is 4.72 Å². The molecule has 0 amide bonds. The fraction of sp³-hybridized carbons (Fsp3) is 0.300. The number of ether oxygens (including phenoxy) is 1. The number of nitrogens with one attached hydrogen (secondary N) is 1. The van der Waals surface area contributed by atoms with Gasteiger partial charge in [-0.1, -0.05) is 15.9 Å². The molecule has 0 atom stereocenters. The number of esters is 1. The Hall–Kier alpha value is -1.08. The van der Waals surface area contributed by atoms with E-state index in [1.807, 2.05) is 0 Å². The zero-order valence-corrected chi connectivity index (χ0v) is 11.8. The molecule has 94 valence electrons. The molecule has 0 heterocycles. The van der Waals surface area contributed by atoms with E-state index in [9.17, 15) is 13.2 Å². The van der Waals surface area contributed by atoms with E-state index in [1.54, 1.807) is 6.07 Å². The van der Waals surface area contributed by atoms with Crippen molar-refractivity contribution < 1.29 is 17.9 Å². The number of benzene rings is 1. The number of hydrogen-bond acceptors (Lipinski definition) is 4. The molecule has 0 spiro atoms. The number of anilines is 1. The van der Waals surface area contributed by atoms with Crippen LogP contribution in [0.2, 0.25) is 0 Å². The van der Waals surface area contributed by atoms with Crippen molar-refractivity contribution in [2.75, 3.05) is 17.6 Å². The molecule has 0 radical (unpaired) electrons. The number of rotatable bonds is 4. The lowest BCUT2D eigenvalue weighted by Gasteiger charge is -2.10. The van der Waals surface area contributed by atoms with Crippen LogP contribution in [0.4, 0.5) is 5.69 Å². The highest BCUT2D eigenvalue weighted by Crippen LogP contribution is 2.23. The summed E-state index contributed by atoms with van der Waals surface area (Å²) in [6.45, 7) is 1.51. The van der Waals surface area contributed by atoms with E-state index in [2.05, 4.69) is 25.4 Å². The van der Waals surface area contributed by atoms with Gasteiger partial charge in [0, 0.05) is 4.47 Å². The lowest BCUT2D eigenvalue weighted by molar-refractivity contribution is 0.0602. The van der Waals surface area contributed by atoms with Crippen LogP contribution in [0.25, 0.3) is 0 Å². The van der Waals surface area contributed by atoms with Gasteiger partial charge in [-0.2, -0.15) is 0 Å². The first-order chi connectivity index (χ1) is 7.89. The lowest BCUT2D eigenvalue weighted by Crippen LogP contribution is -2.17. The maximum atomic E-state index is 11.5. The summed E-state index contributed by atoms with van der Waals surface area (Å²) in [5.41, 5.74) is 0.376. The van der Waals surface area contributed by atoms with Gasteiger partial charge in [0.2, 0.25) is 10.0 Å². The van der Waals surface area contributed by atoms with Gasteiger partial charge >= 0.3 is 5.97 Å². The van der Waals surface area contributed by atoms with Crippen LogP contribution in [0.15, 0.2) is 22.7 Å². The highest BCUT2D eigenvalue weighted by Gasteiger charge is 2.16. The summed E-state index contributed by atoms with van der Waals surface area (Å²) in [5, 5.41) is 0. The Morgan fingerprint density at radius 3 is 2.65 bits per heavy atom. The van der Waals surface area contributed by atoms with Crippen LogP contribution in [0.5, 0.6) is 0 Å². The summed E-state index contributed by atoms with van der Waals surface area (Å²) in [5.74, 6) is -0.661. The van der Waals surface area contributed by atoms with Gasteiger partial charge in [-0.25, -0.2) is 13.2 Å². The quantitative estimate of drug-likeness (QED) is 0.861. The Labute approximate surface area is 108 Å². The zero-order valence-electron chi connectivity index (χ0n) is 9.36. The van der Waals surface area contributed by atoms with Gasteiger partial charge < -0.3 is 4.74 Å². The van der Waals surface area contributed by atoms with Crippen LogP contribution >= 0.6 is 15.9 Å². The largest absolute Gasteiger partial charge is 0.465 e. The topological polar surface area (TPSA) is 72.5 Å². The summed E-state index contributed by atoms with van der Waals surface area (Å²) in [6, 6.07) is 4.64. The molecule has 0 aliphatic rings. The van der Waals surface area contributed by atoms with Crippen molar-refractivity contribution in [3.63, 3.8) is 0 Å². The summed E-state index contributed by atoms with van der Waals surface area (Å²) in [7, 11) is -2.19. The minimum absolute atomic E-state index is 0.0693. The van der Waals surface area contributed by atoms with Crippen molar-refractivity contribution in [1.29, 1.82) is 0 Å². The van der Waals surface area contributed by atoms with E-state index in [1.165, 1.54) is 26.2 Å². The van der Waals surface area contributed by atoms with Crippen LogP contribution in [-0.4, -0.2) is 27.2 Å². The minimum Gasteiger partial charge on any atom is -0.465 e. The Kier molecular flexibility index (Phi) is 4.53. The second kappa shape index (κ2) is 5.50. The number of carbonyl (C=O) groups is 1.